The lowest BCUT2D eigenvalue weighted by Gasteiger charge is -2.09. The zero-order valence-corrected chi connectivity index (χ0v) is 10.6. The van der Waals surface area contributed by atoms with Gasteiger partial charge in [-0.3, -0.25) is 0 Å². The molecule has 0 bridgehead atoms. The van der Waals surface area contributed by atoms with Crippen molar-refractivity contribution in [2.45, 2.75) is 11.8 Å². The maximum Gasteiger partial charge on any atom is 0.240 e. The number of nitrogens with one attached hydrogen (secondary N) is 2. The van der Waals surface area contributed by atoms with Gasteiger partial charge in [-0.05, 0) is 43.9 Å². The Morgan fingerprint density at radius 1 is 1.44 bits per heavy atom. The second-order valence-corrected chi connectivity index (χ2v) is 5.47. The van der Waals surface area contributed by atoms with Gasteiger partial charge in [-0.2, -0.15) is 0 Å². The minimum Gasteiger partial charge on any atom is -0.376 e. The Labute approximate surface area is 100 Å². The number of anilines is 1. The molecule has 1 rings (SSSR count). The first-order valence-electron chi connectivity index (χ1n) is 4.47. The Morgan fingerprint density at radius 2 is 2.06 bits per heavy atom. The summed E-state index contributed by atoms with van der Waals surface area (Å²) in [6.07, 6.45) is 0. The SMILES string of the molecule is CNS(=O)(=O)c1cc(NC(N)=S)ccc1C. The van der Waals surface area contributed by atoms with Gasteiger partial charge in [0.05, 0.1) is 4.90 Å². The minimum absolute atomic E-state index is 0.0941. The van der Waals surface area contributed by atoms with Gasteiger partial charge in [0, 0.05) is 5.69 Å². The summed E-state index contributed by atoms with van der Waals surface area (Å²) in [5, 5.41) is 2.78. The highest BCUT2D eigenvalue weighted by molar-refractivity contribution is 7.89. The van der Waals surface area contributed by atoms with Crippen LogP contribution in [0.3, 0.4) is 0 Å². The van der Waals surface area contributed by atoms with E-state index in [2.05, 4.69) is 22.3 Å². The average molecular weight is 259 g/mol. The van der Waals surface area contributed by atoms with E-state index in [1.165, 1.54) is 13.1 Å². The predicted octanol–water partition coefficient (Wildman–Crippen LogP) is 0.559. The zero-order valence-electron chi connectivity index (χ0n) is 8.94. The number of rotatable bonds is 3. The van der Waals surface area contributed by atoms with E-state index in [1.807, 2.05) is 0 Å². The number of benzene rings is 1. The van der Waals surface area contributed by atoms with Crippen LogP contribution in [0.5, 0.6) is 0 Å². The topological polar surface area (TPSA) is 84.2 Å². The van der Waals surface area contributed by atoms with Gasteiger partial charge in [0.15, 0.2) is 5.11 Å². The first-order valence-corrected chi connectivity index (χ1v) is 6.36. The average Bonchev–Trinajstić information content (AvgIpc) is 2.20. The molecular formula is C9H13N3O2S2. The summed E-state index contributed by atoms with van der Waals surface area (Å²) in [4.78, 5) is 0.205. The number of hydrogen-bond acceptors (Lipinski definition) is 3. The first kappa shape index (κ1) is 12.9. The highest BCUT2D eigenvalue weighted by atomic mass is 32.2. The Kier molecular flexibility index (Phi) is 3.84. The van der Waals surface area contributed by atoms with E-state index < -0.39 is 10.0 Å². The van der Waals surface area contributed by atoms with E-state index in [-0.39, 0.29) is 10.0 Å². The van der Waals surface area contributed by atoms with Crippen molar-refractivity contribution in [3.05, 3.63) is 23.8 Å². The third-order valence-corrected chi connectivity index (χ3v) is 3.67. The van der Waals surface area contributed by atoms with Gasteiger partial charge in [-0.15, -0.1) is 0 Å². The fourth-order valence-corrected chi connectivity index (χ4v) is 2.33. The number of aryl methyl sites for hydroxylation is 1. The molecule has 5 nitrogen and oxygen atoms in total. The van der Waals surface area contributed by atoms with E-state index in [9.17, 15) is 8.42 Å². The third kappa shape index (κ3) is 2.91. The van der Waals surface area contributed by atoms with Crippen LogP contribution >= 0.6 is 12.2 Å². The minimum atomic E-state index is -3.46. The molecule has 16 heavy (non-hydrogen) atoms. The van der Waals surface area contributed by atoms with E-state index in [0.717, 1.165) is 0 Å². The van der Waals surface area contributed by atoms with Crippen LogP contribution < -0.4 is 15.8 Å². The number of thiocarbonyl (C=S) groups is 1. The van der Waals surface area contributed by atoms with Crippen LogP contribution in [0.15, 0.2) is 23.1 Å². The van der Waals surface area contributed by atoms with Crippen molar-refractivity contribution in [3.63, 3.8) is 0 Å². The van der Waals surface area contributed by atoms with E-state index in [0.29, 0.717) is 11.3 Å². The van der Waals surface area contributed by atoms with Crippen LogP contribution in [0.4, 0.5) is 5.69 Å². The quantitative estimate of drug-likeness (QED) is 0.691. The molecule has 0 radical (unpaired) electrons. The molecule has 7 heteroatoms. The summed E-state index contributed by atoms with van der Waals surface area (Å²) in [7, 11) is -2.10. The van der Waals surface area contributed by atoms with Gasteiger partial charge in [-0.1, -0.05) is 6.07 Å². The fraction of sp³-hybridized carbons (Fsp3) is 0.222. The first-order chi connectivity index (χ1) is 7.36. The second kappa shape index (κ2) is 4.77. The molecule has 0 aromatic heterocycles. The van der Waals surface area contributed by atoms with Crippen molar-refractivity contribution in [2.24, 2.45) is 5.73 Å². The number of sulfonamides is 1. The molecule has 1 aromatic rings. The highest BCUT2D eigenvalue weighted by Crippen LogP contribution is 2.19. The molecular weight excluding hydrogens is 246 g/mol. The summed E-state index contributed by atoms with van der Waals surface area (Å²) in [5.41, 5.74) is 6.51. The Bertz CT molecular complexity index is 511. The van der Waals surface area contributed by atoms with E-state index >= 15 is 0 Å². The van der Waals surface area contributed by atoms with Gasteiger partial charge in [0.1, 0.15) is 0 Å². The summed E-state index contributed by atoms with van der Waals surface area (Å²) in [6, 6.07) is 4.88. The molecule has 0 saturated heterocycles. The van der Waals surface area contributed by atoms with Crippen LogP contribution in [0, 0.1) is 6.92 Å². The van der Waals surface area contributed by atoms with Crippen molar-refractivity contribution in [2.75, 3.05) is 12.4 Å². The maximum atomic E-state index is 11.7. The zero-order chi connectivity index (χ0) is 12.3. The fourth-order valence-electron chi connectivity index (χ4n) is 1.22. The standard InChI is InChI=1S/C9H13N3O2S2/c1-6-3-4-7(12-9(10)15)5-8(6)16(13,14)11-2/h3-5,11H,1-2H3,(H3,10,12,15). The van der Waals surface area contributed by atoms with E-state index in [1.54, 1.807) is 19.1 Å². The normalized spacial score (nSPS) is 11.1. The highest BCUT2D eigenvalue weighted by Gasteiger charge is 2.14. The molecule has 0 atom stereocenters. The second-order valence-electron chi connectivity index (χ2n) is 3.18. The maximum absolute atomic E-state index is 11.7. The van der Waals surface area contributed by atoms with Crippen molar-refractivity contribution in [1.29, 1.82) is 0 Å². The van der Waals surface area contributed by atoms with Gasteiger partial charge >= 0.3 is 0 Å². The van der Waals surface area contributed by atoms with E-state index in [4.69, 9.17) is 5.73 Å². The molecule has 0 spiro atoms. The van der Waals surface area contributed by atoms with Crippen molar-refractivity contribution >= 4 is 33.0 Å². The summed E-state index contributed by atoms with van der Waals surface area (Å²) in [6.45, 7) is 1.72. The van der Waals surface area contributed by atoms with Crippen LogP contribution in [0.1, 0.15) is 5.56 Å². The van der Waals surface area contributed by atoms with Gasteiger partial charge in [-0.25, -0.2) is 13.1 Å². The van der Waals surface area contributed by atoms with Gasteiger partial charge < -0.3 is 11.1 Å². The molecule has 0 aliphatic carbocycles. The molecule has 88 valence electrons. The lowest BCUT2D eigenvalue weighted by Crippen LogP contribution is -2.21. The Balaban J connectivity index is 3.24. The van der Waals surface area contributed by atoms with Crippen molar-refractivity contribution in [1.82, 2.24) is 4.72 Å². The lowest BCUT2D eigenvalue weighted by atomic mass is 10.2. The monoisotopic (exact) mass is 259 g/mol. The smallest absolute Gasteiger partial charge is 0.240 e. The third-order valence-electron chi connectivity index (χ3n) is 2.01. The van der Waals surface area contributed by atoms with Crippen molar-refractivity contribution < 1.29 is 8.42 Å². The van der Waals surface area contributed by atoms with Crippen LogP contribution in [-0.2, 0) is 10.0 Å². The van der Waals surface area contributed by atoms with Crippen molar-refractivity contribution in [3.8, 4) is 0 Å². The molecule has 0 unspecified atom stereocenters. The lowest BCUT2D eigenvalue weighted by molar-refractivity contribution is 0.587. The summed E-state index contributed by atoms with van der Waals surface area (Å²) < 4.78 is 25.6. The molecule has 0 fully saturated rings. The number of nitrogens with two attached hydrogens (primary N) is 1. The Morgan fingerprint density at radius 3 is 2.56 bits per heavy atom. The Hall–Kier alpha value is -1.18. The summed E-state index contributed by atoms with van der Waals surface area (Å²) >= 11 is 4.68. The molecule has 1 aromatic carbocycles. The van der Waals surface area contributed by atoms with Gasteiger partial charge in [0.2, 0.25) is 10.0 Å². The van der Waals surface area contributed by atoms with Gasteiger partial charge in [0.25, 0.3) is 0 Å². The largest absolute Gasteiger partial charge is 0.376 e. The predicted molar refractivity (Wildman–Crippen MR) is 67.8 cm³/mol. The number of hydrogen-bond donors (Lipinski definition) is 3. The molecule has 0 aliphatic rings. The molecule has 0 saturated carbocycles. The van der Waals surface area contributed by atoms with Crippen LogP contribution in [0.2, 0.25) is 0 Å². The molecule has 0 heterocycles. The summed E-state index contributed by atoms with van der Waals surface area (Å²) in [5.74, 6) is 0. The molecule has 0 aliphatic heterocycles. The van der Waals surface area contributed by atoms with Crippen LogP contribution in [0.25, 0.3) is 0 Å². The molecule has 0 amide bonds. The van der Waals surface area contributed by atoms with Crippen LogP contribution in [-0.4, -0.2) is 20.6 Å². The molecule has 4 N–H and O–H groups in total.